The monoisotopic (exact) mass is 337 g/mol. The van der Waals surface area contributed by atoms with Gasteiger partial charge in [-0.1, -0.05) is 0 Å². The molecule has 1 amide bonds. The Hall–Kier alpha value is -1.64. The molecule has 0 unspecified atom stereocenters. The van der Waals surface area contributed by atoms with E-state index in [9.17, 15) is 14.7 Å². The molecule has 3 rings (SSSR count). The molecule has 0 aromatic carbocycles. The molecule has 3 atom stereocenters. The lowest BCUT2D eigenvalue weighted by atomic mass is 9.84. The van der Waals surface area contributed by atoms with Crippen LogP contribution in [0.15, 0.2) is 17.2 Å². The first-order chi connectivity index (χ1) is 11.0. The lowest BCUT2D eigenvalue weighted by Crippen LogP contribution is -2.45. The number of aromatic nitrogens is 1. The van der Waals surface area contributed by atoms with Gasteiger partial charge in [-0.05, 0) is 25.3 Å². The summed E-state index contributed by atoms with van der Waals surface area (Å²) >= 11 is 1.46. The SMILES string of the molecule is O=C1CSc2cnc(CN[C@@H]3CC[C@@H](C(=O)O)C[C@H]3O)cc2N1. The quantitative estimate of drug-likeness (QED) is 0.644. The van der Waals surface area contributed by atoms with Crippen LogP contribution in [0.5, 0.6) is 0 Å². The summed E-state index contributed by atoms with van der Waals surface area (Å²) in [4.78, 5) is 27.7. The number of pyridine rings is 1. The van der Waals surface area contributed by atoms with Crippen LogP contribution in [0.4, 0.5) is 5.69 Å². The van der Waals surface area contributed by atoms with E-state index < -0.39 is 18.0 Å². The number of carboxylic acid groups (broad SMARTS) is 1. The topological polar surface area (TPSA) is 112 Å². The van der Waals surface area contributed by atoms with Gasteiger partial charge in [-0.15, -0.1) is 11.8 Å². The number of hydrogen-bond acceptors (Lipinski definition) is 6. The van der Waals surface area contributed by atoms with E-state index in [-0.39, 0.29) is 18.4 Å². The highest BCUT2D eigenvalue weighted by Crippen LogP contribution is 2.31. The van der Waals surface area contributed by atoms with Crippen LogP contribution in [0.25, 0.3) is 0 Å². The average Bonchev–Trinajstić information content (AvgIpc) is 2.53. The molecule has 7 nitrogen and oxygen atoms in total. The number of aliphatic carboxylic acids is 1. The van der Waals surface area contributed by atoms with Gasteiger partial charge >= 0.3 is 5.97 Å². The van der Waals surface area contributed by atoms with Crippen molar-refractivity contribution in [1.82, 2.24) is 10.3 Å². The minimum atomic E-state index is -0.841. The van der Waals surface area contributed by atoms with Crippen molar-refractivity contribution in [3.8, 4) is 0 Å². The Balaban J connectivity index is 1.58. The molecule has 4 N–H and O–H groups in total. The maximum atomic E-state index is 11.4. The third-order valence-corrected chi connectivity index (χ3v) is 5.31. The normalized spacial score (nSPS) is 27.2. The van der Waals surface area contributed by atoms with E-state index in [1.54, 1.807) is 6.20 Å². The molecule has 1 fully saturated rings. The van der Waals surface area contributed by atoms with Crippen LogP contribution >= 0.6 is 11.8 Å². The van der Waals surface area contributed by atoms with Gasteiger partial charge in [0, 0.05) is 23.7 Å². The summed E-state index contributed by atoms with van der Waals surface area (Å²) in [5.74, 6) is -0.912. The van der Waals surface area contributed by atoms with Gasteiger partial charge in [-0.25, -0.2) is 0 Å². The number of rotatable bonds is 4. The Bertz CT molecular complexity index is 625. The van der Waals surface area contributed by atoms with E-state index in [2.05, 4.69) is 15.6 Å². The van der Waals surface area contributed by atoms with Crippen molar-refractivity contribution < 1.29 is 19.8 Å². The molecule has 1 aromatic rings. The first kappa shape index (κ1) is 16.2. The third kappa shape index (κ3) is 3.82. The molecule has 1 saturated carbocycles. The zero-order valence-electron chi connectivity index (χ0n) is 12.5. The largest absolute Gasteiger partial charge is 0.481 e. The number of anilines is 1. The standard InChI is InChI=1S/C15H19N3O4S/c19-12-3-8(15(21)22)1-2-10(12)17-5-9-4-11-13(6-16-9)23-7-14(20)18-11/h4,6,8,10,12,17,19H,1-3,5,7H2,(H,18,20)(H,21,22)/t8-,10-,12-/m1/s1. The lowest BCUT2D eigenvalue weighted by Gasteiger charge is -2.31. The van der Waals surface area contributed by atoms with Crippen LogP contribution < -0.4 is 10.6 Å². The summed E-state index contributed by atoms with van der Waals surface area (Å²) in [6, 6.07) is 1.70. The molecule has 0 saturated heterocycles. The highest BCUT2D eigenvalue weighted by atomic mass is 32.2. The van der Waals surface area contributed by atoms with Crippen LogP contribution in [0.2, 0.25) is 0 Å². The second-order valence-corrected chi connectivity index (χ2v) is 6.93. The molecule has 1 aromatic heterocycles. The smallest absolute Gasteiger partial charge is 0.306 e. The average molecular weight is 337 g/mol. The van der Waals surface area contributed by atoms with Crippen LogP contribution in [-0.4, -0.2) is 45.0 Å². The molecule has 0 radical (unpaired) electrons. The molecular weight excluding hydrogens is 318 g/mol. The van der Waals surface area contributed by atoms with Crippen molar-refractivity contribution in [2.45, 2.75) is 42.8 Å². The Morgan fingerprint density at radius 1 is 1.48 bits per heavy atom. The van der Waals surface area contributed by atoms with Crippen molar-refractivity contribution in [2.75, 3.05) is 11.1 Å². The molecule has 2 aliphatic rings. The number of thioether (sulfide) groups is 1. The third-order valence-electron chi connectivity index (χ3n) is 4.27. The van der Waals surface area contributed by atoms with E-state index in [0.717, 1.165) is 16.3 Å². The van der Waals surface area contributed by atoms with Gasteiger partial charge in [0.1, 0.15) is 0 Å². The van der Waals surface area contributed by atoms with Crippen LogP contribution in [0, 0.1) is 5.92 Å². The molecule has 1 aliphatic carbocycles. The number of hydrogen-bond donors (Lipinski definition) is 4. The summed E-state index contributed by atoms with van der Waals surface area (Å²) in [5, 5.41) is 25.2. The van der Waals surface area contributed by atoms with Gasteiger partial charge in [0.15, 0.2) is 0 Å². The highest BCUT2D eigenvalue weighted by molar-refractivity contribution is 8.00. The van der Waals surface area contributed by atoms with Crippen LogP contribution in [0.3, 0.4) is 0 Å². The number of nitrogens with one attached hydrogen (secondary N) is 2. The van der Waals surface area contributed by atoms with Crippen molar-refractivity contribution in [3.05, 3.63) is 18.0 Å². The first-order valence-electron chi connectivity index (χ1n) is 7.59. The number of carboxylic acids is 1. The number of carbonyl (C=O) groups excluding carboxylic acids is 1. The second-order valence-electron chi connectivity index (χ2n) is 5.91. The maximum absolute atomic E-state index is 11.4. The van der Waals surface area contributed by atoms with Crippen molar-refractivity contribution in [2.24, 2.45) is 5.92 Å². The minimum Gasteiger partial charge on any atom is -0.481 e. The first-order valence-corrected chi connectivity index (χ1v) is 8.57. The maximum Gasteiger partial charge on any atom is 0.306 e. The fourth-order valence-corrected chi connectivity index (χ4v) is 3.72. The van der Waals surface area contributed by atoms with Gasteiger partial charge < -0.3 is 20.8 Å². The molecule has 2 heterocycles. The Morgan fingerprint density at radius 3 is 3.04 bits per heavy atom. The Morgan fingerprint density at radius 2 is 2.30 bits per heavy atom. The number of carbonyl (C=O) groups is 2. The minimum absolute atomic E-state index is 0.0185. The summed E-state index contributed by atoms with van der Waals surface area (Å²) in [7, 11) is 0. The molecule has 1 aliphatic heterocycles. The van der Waals surface area contributed by atoms with Gasteiger partial charge in [0.05, 0.1) is 29.2 Å². The Labute approximate surface area is 137 Å². The number of nitrogens with zero attached hydrogens (tertiary/aromatic N) is 1. The summed E-state index contributed by atoms with van der Waals surface area (Å²) in [5.41, 5.74) is 1.55. The van der Waals surface area contributed by atoms with E-state index in [0.29, 0.717) is 25.1 Å². The van der Waals surface area contributed by atoms with Crippen molar-refractivity contribution in [1.29, 1.82) is 0 Å². The number of amides is 1. The van der Waals surface area contributed by atoms with E-state index in [4.69, 9.17) is 5.11 Å². The van der Waals surface area contributed by atoms with Gasteiger partial charge in [-0.2, -0.15) is 0 Å². The molecule has 8 heteroatoms. The predicted molar refractivity (Wildman–Crippen MR) is 85.2 cm³/mol. The zero-order valence-corrected chi connectivity index (χ0v) is 13.3. The van der Waals surface area contributed by atoms with E-state index in [1.807, 2.05) is 6.07 Å². The summed E-state index contributed by atoms with van der Waals surface area (Å²) in [6.45, 7) is 0.466. The molecule has 0 bridgehead atoms. The predicted octanol–water partition coefficient (Wildman–Crippen LogP) is 0.830. The van der Waals surface area contributed by atoms with Crippen molar-refractivity contribution >= 4 is 29.3 Å². The van der Waals surface area contributed by atoms with E-state index >= 15 is 0 Å². The fraction of sp³-hybridized carbons (Fsp3) is 0.533. The molecule has 124 valence electrons. The van der Waals surface area contributed by atoms with Gasteiger partial charge in [0.25, 0.3) is 0 Å². The summed E-state index contributed by atoms with van der Waals surface area (Å²) in [6.07, 6.45) is 2.54. The molecular formula is C15H19N3O4S. The second kappa shape index (κ2) is 6.86. The van der Waals surface area contributed by atoms with Crippen molar-refractivity contribution in [3.63, 3.8) is 0 Å². The molecule has 23 heavy (non-hydrogen) atoms. The van der Waals surface area contributed by atoms with Gasteiger partial charge in [-0.3, -0.25) is 14.6 Å². The number of aliphatic hydroxyl groups excluding tert-OH is 1. The molecule has 0 spiro atoms. The highest BCUT2D eigenvalue weighted by Gasteiger charge is 2.32. The van der Waals surface area contributed by atoms with Crippen LogP contribution in [0.1, 0.15) is 25.0 Å². The number of aliphatic hydroxyl groups is 1. The van der Waals surface area contributed by atoms with Gasteiger partial charge in [0.2, 0.25) is 5.91 Å². The Kier molecular flexibility index (Phi) is 4.84. The zero-order chi connectivity index (χ0) is 16.4. The van der Waals surface area contributed by atoms with E-state index in [1.165, 1.54) is 11.8 Å². The lowest BCUT2D eigenvalue weighted by molar-refractivity contribution is -0.144. The fourth-order valence-electron chi connectivity index (χ4n) is 2.97. The number of fused-ring (bicyclic) bond motifs is 1. The summed E-state index contributed by atoms with van der Waals surface area (Å²) < 4.78 is 0. The van der Waals surface area contributed by atoms with Crippen LogP contribution in [-0.2, 0) is 16.1 Å².